The lowest BCUT2D eigenvalue weighted by atomic mass is 9.71. The molecular formula is C32H38N2O5Si. The summed E-state index contributed by atoms with van der Waals surface area (Å²) in [7, 11) is 0.308. The molecule has 0 unspecified atom stereocenters. The van der Waals surface area contributed by atoms with Crippen LogP contribution in [0.3, 0.4) is 0 Å². The number of nitrogens with one attached hydrogen (secondary N) is 1. The van der Waals surface area contributed by atoms with Gasteiger partial charge in [-0.15, -0.1) is 0 Å². The van der Waals surface area contributed by atoms with E-state index in [4.69, 9.17) is 18.6 Å². The fourth-order valence-corrected chi connectivity index (χ4v) is 6.34. The van der Waals surface area contributed by atoms with Crippen molar-refractivity contribution >= 4 is 26.4 Å². The molecule has 0 saturated carbocycles. The highest BCUT2D eigenvalue weighted by atomic mass is 28.2. The fourth-order valence-electron chi connectivity index (χ4n) is 5.65. The monoisotopic (exact) mass is 558 g/mol. The van der Waals surface area contributed by atoms with Crippen molar-refractivity contribution in [2.24, 2.45) is 0 Å². The van der Waals surface area contributed by atoms with Crippen molar-refractivity contribution in [3.8, 4) is 11.8 Å². The van der Waals surface area contributed by atoms with Gasteiger partial charge >= 0.3 is 0 Å². The van der Waals surface area contributed by atoms with Crippen molar-refractivity contribution in [2.45, 2.75) is 96.4 Å². The summed E-state index contributed by atoms with van der Waals surface area (Å²) < 4.78 is 25.2. The Morgan fingerprint density at radius 3 is 2.45 bits per heavy atom. The van der Waals surface area contributed by atoms with E-state index in [1.807, 2.05) is 52.0 Å². The molecule has 1 N–H and O–H groups in total. The molecule has 0 bridgehead atoms. The molecule has 8 heteroatoms. The van der Waals surface area contributed by atoms with E-state index in [0.717, 1.165) is 22.2 Å². The number of hydrogen-bond acceptors (Lipinski definition) is 6. The van der Waals surface area contributed by atoms with E-state index in [0.29, 0.717) is 32.2 Å². The van der Waals surface area contributed by atoms with E-state index in [1.165, 1.54) is 0 Å². The molecule has 1 aromatic heterocycles. The minimum atomic E-state index is -0.767. The van der Waals surface area contributed by atoms with Gasteiger partial charge in [0.05, 0.1) is 22.8 Å². The number of ketones is 1. The van der Waals surface area contributed by atoms with Gasteiger partial charge in [-0.3, -0.25) is 4.79 Å². The van der Waals surface area contributed by atoms with Gasteiger partial charge in [0.2, 0.25) is 9.76 Å². The second-order valence-electron chi connectivity index (χ2n) is 13.4. The minimum absolute atomic E-state index is 0.0460. The van der Waals surface area contributed by atoms with Crippen molar-refractivity contribution in [1.29, 1.82) is 5.26 Å². The van der Waals surface area contributed by atoms with Crippen LogP contribution in [0.5, 0.6) is 5.75 Å². The van der Waals surface area contributed by atoms with Crippen molar-refractivity contribution in [2.75, 3.05) is 6.61 Å². The Hall–Kier alpha value is -2.96. The van der Waals surface area contributed by atoms with Gasteiger partial charge in [-0.05, 0) is 62.6 Å². The second-order valence-corrected chi connectivity index (χ2v) is 15.3. The molecule has 0 spiro atoms. The highest BCUT2D eigenvalue weighted by molar-refractivity contribution is 6.31. The molecule has 0 amide bonds. The SMILES string of the molecule is CC1(C)O[C@@H](C(C)(C)O[Si]C(C)(C)C)[C@@H](COc2ccc3c(c2)C(=O)c2c([nH]c4cc(C#N)ccc24)C3(C)C)O1. The van der Waals surface area contributed by atoms with E-state index in [-0.39, 0.29) is 29.6 Å². The number of carbonyl (C=O) groups is 1. The first kappa shape index (κ1) is 28.6. The summed E-state index contributed by atoms with van der Waals surface area (Å²) in [6.45, 7) is 18.8. The number of aromatic amines is 1. The summed E-state index contributed by atoms with van der Waals surface area (Å²) in [6, 6.07) is 13.3. The number of rotatable bonds is 6. The minimum Gasteiger partial charge on any atom is -0.491 e. The molecule has 210 valence electrons. The maximum absolute atomic E-state index is 13.9. The summed E-state index contributed by atoms with van der Waals surface area (Å²) in [6.07, 6.45) is -0.685. The van der Waals surface area contributed by atoms with Crippen molar-refractivity contribution in [3.63, 3.8) is 0 Å². The lowest BCUT2D eigenvalue weighted by molar-refractivity contribution is -0.162. The average molecular weight is 559 g/mol. The van der Waals surface area contributed by atoms with Gasteiger partial charge in [0, 0.05) is 27.6 Å². The Morgan fingerprint density at radius 1 is 1.05 bits per heavy atom. The molecule has 1 aliphatic carbocycles. The molecule has 1 fully saturated rings. The van der Waals surface area contributed by atoms with Crippen LogP contribution in [0.2, 0.25) is 5.04 Å². The van der Waals surface area contributed by atoms with Crippen LogP contribution in [0.25, 0.3) is 10.9 Å². The van der Waals surface area contributed by atoms with Gasteiger partial charge in [-0.1, -0.05) is 46.8 Å². The molecule has 5 rings (SSSR count). The van der Waals surface area contributed by atoms with Crippen LogP contribution in [-0.4, -0.2) is 50.7 Å². The Balaban J connectivity index is 1.41. The second kappa shape index (κ2) is 9.56. The standard InChI is InChI=1S/C32H38N2O5Si/c1-29(2,3)40-39-31(6,7)28-24(37-32(8,9)38-28)17-36-19-11-13-22-21(15-19)26(35)25-20-12-10-18(16-33)14-23(20)34-27(25)30(22,4)5/h10-15,24,28,34H,17H2,1-9H3/t24-,28-/m1/s1. The van der Waals surface area contributed by atoms with Crippen LogP contribution in [0.1, 0.15) is 95.1 Å². The molecule has 2 aliphatic rings. The third kappa shape index (κ3) is 5.12. The maximum Gasteiger partial charge on any atom is 0.236 e. The molecule has 2 heterocycles. The van der Waals surface area contributed by atoms with Gasteiger partial charge in [0.15, 0.2) is 11.6 Å². The average Bonchev–Trinajstić information content (AvgIpc) is 3.42. The van der Waals surface area contributed by atoms with Gasteiger partial charge in [0.25, 0.3) is 0 Å². The number of nitriles is 1. The van der Waals surface area contributed by atoms with Gasteiger partial charge < -0.3 is 23.6 Å². The van der Waals surface area contributed by atoms with Gasteiger partial charge in [-0.25, -0.2) is 0 Å². The van der Waals surface area contributed by atoms with Crippen molar-refractivity contribution in [1.82, 2.24) is 4.98 Å². The molecule has 2 radical (unpaired) electrons. The number of benzene rings is 2. The van der Waals surface area contributed by atoms with Crippen molar-refractivity contribution in [3.05, 3.63) is 64.3 Å². The molecule has 40 heavy (non-hydrogen) atoms. The van der Waals surface area contributed by atoms with Crippen LogP contribution >= 0.6 is 0 Å². The first-order valence-electron chi connectivity index (χ1n) is 13.7. The Bertz CT molecular complexity index is 1520. The smallest absolute Gasteiger partial charge is 0.236 e. The van der Waals surface area contributed by atoms with Crippen LogP contribution in [0.4, 0.5) is 0 Å². The normalized spacial score (nSPS) is 21.6. The zero-order chi connectivity index (χ0) is 29.3. The van der Waals surface area contributed by atoms with Gasteiger partial charge in [0.1, 0.15) is 24.6 Å². The van der Waals surface area contributed by atoms with Crippen LogP contribution in [-0.2, 0) is 19.3 Å². The third-order valence-electron chi connectivity index (χ3n) is 7.59. The molecule has 2 atom stereocenters. The summed E-state index contributed by atoms with van der Waals surface area (Å²) in [5.74, 6) is -0.222. The highest BCUT2D eigenvalue weighted by Crippen LogP contribution is 2.45. The quantitative estimate of drug-likeness (QED) is 0.350. The molecule has 2 aromatic carbocycles. The number of H-pyrrole nitrogens is 1. The molecule has 1 aliphatic heterocycles. The number of hydrogen-bond donors (Lipinski definition) is 1. The molecular weight excluding hydrogens is 520 g/mol. The summed E-state index contributed by atoms with van der Waals surface area (Å²) in [4.78, 5) is 17.3. The third-order valence-corrected chi connectivity index (χ3v) is 8.83. The fraction of sp³-hybridized carbons (Fsp3) is 0.500. The van der Waals surface area contributed by atoms with Crippen LogP contribution < -0.4 is 4.74 Å². The van der Waals surface area contributed by atoms with Crippen molar-refractivity contribution < 1.29 is 23.4 Å². The molecule has 7 nitrogen and oxygen atoms in total. The van der Waals surface area contributed by atoms with Gasteiger partial charge in [-0.2, -0.15) is 5.26 Å². The summed E-state index contributed by atoms with van der Waals surface area (Å²) in [5.41, 5.74) is 3.40. The first-order chi connectivity index (χ1) is 18.5. The van der Waals surface area contributed by atoms with E-state index in [1.54, 1.807) is 12.1 Å². The topological polar surface area (TPSA) is 93.6 Å². The Labute approximate surface area is 239 Å². The number of ether oxygens (including phenoxy) is 3. The molecule has 1 saturated heterocycles. The van der Waals surface area contributed by atoms with Crippen LogP contribution in [0.15, 0.2) is 36.4 Å². The number of aromatic nitrogens is 1. The lowest BCUT2D eigenvalue weighted by Crippen LogP contribution is -2.48. The maximum atomic E-state index is 13.9. The zero-order valence-electron chi connectivity index (χ0n) is 24.8. The number of fused-ring (bicyclic) bond motifs is 4. The summed E-state index contributed by atoms with van der Waals surface area (Å²) in [5, 5.41) is 10.2. The Kier molecular flexibility index (Phi) is 6.82. The first-order valence-corrected chi connectivity index (χ1v) is 14.6. The number of nitrogens with zero attached hydrogens (tertiary/aromatic N) is 1. The molecule has 3 aromatic rings. The van der Waals surface area contributed by atoms with E-state index in [2.05, 4.69) is 45.7 Å². The van der Waals surface area contributed by atoms with E-state index >= 15 is 0 Å². The van der Waals surface area contributed by atoms with Crippen LogP contribution in [0, 0.1) is 11.3 Å². The number of carbonyl (C=O) groups excluding carboxylic acids is 1. The highest BCUT2D eigenvalue weighted by Gasteiger charge is 2.50. The predicted octanol–water partition coefficient (Wildman–Crippen LogP) is 6.44. The lowest BCUT2D eigenvalue weighted by Gasteiger charge is -2.36. The summed E-state index contributed by atoms with van der Waals surface area (Å²) >= 11 is 0. The zero-order valence-corrected chi connectivity index (χ0v) is 25.8. The Morgan fingerprint density at radius 2 is 1.77 bits per heavy atom. The van der Waals surface area contributed by atoms with E-state index in [9.17, 15) is 10.1 Å². The van der Waals surface area contributed by atoms with E-state index < -0.39 is 16.8 Å². The predicted molar refractivity (Wildman–Crippen MR) is 155 cm³/mol. The largest absolute Gasteiger partial charge is 0.491 e.